The Morgan fingerprint density at radius 1 is 1.16 bits per heavy atom. The molecule has 4 rings (SSSR count). The maximum Gasteiger partial charge on any atom is 0.314 e. The molecule has 1 aliphatic heterocycles. The number of ether oxygens (including phenoxy) is 2. The number of halogens is 1. The topological polar surface area (TPSA) is 76.9 Å². The standard InChI is InChI=1S/C22H23FN4O3S/c1-2-24-21(28)25-10-3-11-27-18(15-4-9-19-20(12-15)30-14-29-19)13-31-22(27)26-17-7-5-16(23)6-8-17/h4-9,12-13H,2-3,10-11,14H2,1H3,(H2,24,25,28)/b26-22-. The number of thiazole rings is 1. The summed E-state index contributed by atoms with van der Waals surface area (Å²) in [6.07, 6.45) is 0.724. The van der Waals surface area contributed by atoms with Crippen molar-refractivity contribution in [1.82, 2.24) is 15.2 Å². The highest BCUT2D eigenvalue weighted by atomic mass is 32.1. The molecule has 0 saturated heterocycles. The zero-order chi connectivity index (χ0) is 21.6. The zero-order valence-corrected chi connectivity index (χ0v) is 17.9. The molecule has 2 N–H and O–H groups in total. The number of fused-ring (bicyclic) bond motifs is 1. The van der Waals surface area contributed by atoms with E-state index in [1.165, 1.54) is 23.5 Å². The Bertz CT molecular complexity index is 1120. The first-order valence-corrected chi connectivity index (χ1v) is 10.9. The Balaban J connectivity index is 1.62. The summed E-state index contributed by atoms with van der Waals surface area (Å²) in [4.78, 5) is 17.1. The normalized spacial score (nSPS) is 12.8. The molecule has 0 unspecified atom stereocenters. The average molecular weight is 443 g/mol. The molecule has 0 aliphatic carbocycles. The molecule has 7 nitrogen and oxygen atoms in total. The van der Waals surface area contributed by atoms with Gasteiger partial charge in [-0.1, -0.05) is 0 Å². The molecule has 0 spiro atoms. The van der Waals surface area contributed by atoms with E-state index >= 15 is 0 Å². The van der Waals surface area contributed by atoms with Crippen molar-refractivity contribution in [3.05, 3.63) is 58.5 Å². The highest BCUT2D eigenvalue weighted by Gasteiger charge is 2.16. The molecule has 0 saturated carbocycles. The smallest absolute Gasteiger partial charge is 0.314 e. The van der Waals surface area contributed by atoms with Crippen LogP contribution in [-0.4, -0.2) is 30.5 Å². The van der Waals surface area contributed by atoms with Gasteiger partial charge in [-0.15, -0.1) is 11.3 Å². The van der Waals surface area contributed by atoms with Crippen LogP contribution in [0.25, 0.3) is 11.3 Å². The van der Waals surface area contributed by atoms with Crippen LogP contribution in [0, 0.1) is 5.82 Å². The maximum atomic E-state index is 13.3. The molecule has 1 aromatic heterocycles. The molecule has 31 heavy (non-hydrogen) atoms. The van der Waals surface area contributed by atoms with Crippen molar-refractivity contribution in [2.24, 2.45) is 4.99 Å². The van der Waals surface area contributed by atoms with E-state index in [9.17, 15) is 9.18 Å². The summed E-state index contributed by atoms with van der Waals surface area (Å²) in [5.41, 5.74) is 2.65. The first-order valence-electron chi connectivity index (χ1n) is 10.0. The Labute approximate surface area is 183 Å². The van der Waals surface area contributed by atoms with Crippen molar-refractivity contribution >= 4 is 23.1 Å². The summed E-state index contributed by atoms with van der Waals surface area (Å²) < 4.78 is 26.3. The minimum Gasteiger partial charge on any atom is -0.454 e. The third-order valence-electron chi connectivity index (χ3n) is 4.70. The van der Waals surface area contributed by atoms with Crippen molar-refractivity contribution in [2.45, 2.75) is 19.9 Å². The minimum absolute atomic E-state index is 0.176. The van der Waals surface area contributed by atoms with Crippen molar-refractivity contribution in [1.29, 1.82) is 0 Å². The molecule has 1 aliphatic rings. The molecule has 9 heteroatoms. The Hall–Kier alpha value is -3.33. The van der Waals surface area contributed by atoms with Gasteiger partial charge in [-0.3, -0.25) is 0 Å². The Kier molecular flexibility index (Phi) is 6.51. The fourth-order valence-corrected chi connectivity index (χ4v) is 4.16. The van der Waals surface area contributed by atoms with Gasteiger partial charge < -0.3 is 24.7 Å². The van der Waals surface area contributed by atoms with Gasteiger partial charge in [0.15, 0.2) is 16.3 Å². The lowest BCUT2D eigenvalue weighted by molar-refractivity contribution is 0.174. The number of urea groups is 1. The third kappa shape index (κ3) is 5.05. The van der Waals surface area contributed by atoms with Crippen molar-refractivity contribution in [3.63, 3.8) is 0 Å². The van der Waals surface area contributed by atoms with Gasteiger partial charge in [-0.2, -0.15) is 0 Å². The summed E-state index contributed by atoms with van der Waals surface area (Å²) in [6, 6.07) is 11.7. The van der Waals surface area contributed by atoms with Crippen LogP contribution in [0.2, 0.25) is 0 Å². The first-order chi connectivity index (χ1) is 15.1. The fourth-order valence-electron chi connectivity index (χ4n) is 3.21. The number of aromatic nitrogens is 1. The van der Waals surface area contributed by atoms with Gasteiger partial charge in [-0.25, -0.2) is 14.2 Å². The number of carbonyl (C=O) groups is 1. The van der Waals surface area contributed by atoms with Crippen LogP contribution in [0.4, 0.5) is 14.9 Å². The van der Waals surface area contributed by atoms with E-state index in [4.69, 9.17) is 14.5 Å². The molecule has 0 radical (unpaired) electrons. The van der Waals surface area contributed by atoms with E-state index < -0.39 is 0 Å². The van der Waals surface area contributed by atoms with E-state index in [-0.39, 0.29) is 18.6 Å². The van der Waals surface area contributed by atoms with Gasteiger partial charge in [0.1, 0.15) is 5.82 Å². The second-order valence-corrected chi connectivity index (χ2v) is 7.69. The van der Waals surface area contributed by atoms with Gasteiger partial charge in [-0.05, 0) is 55.8 Å². The number of hydrogen-bond acceptors (Lipinski definition) is 5. The second kappa shape index (κ2) is 9.65. The molecule has 0 fully saturated rings. The summed E-state index contributed by atoms with van der Waals surface area (Å²) in [5, 5.41) is 7.60. The highest BCUT2D eigenvalue weighted by molar-refractivity contribution is 7.07. The van der Waals surface area contributed by atoms with Gasteiger partial charge in [0.25, 0.3) is 0 Å². The van der Waals surface area contributed by atoms with E-state index in [0.29, 0.717) is 31.1 Å². The number of carbonyl (C=O) groups excluding carboxylic acids is 1. The van der Waals surface area contributed by atoms with Gasteiger partial charge >= 0.3 is 6.03 Å². The molecular weight excluding hydrogens is 419 g/mol. The number of rotatable bonds is 7. The predicted octanol–water partition coefficient (Wildman–Crippen LogP) is 4.03. The predicted molar refractivity (Wildman–Crippen MR) is 117 cm³/mol. The van der Waals surface area contributed by atoms with E-state index in [2.05, 4.69) is 15.2 Å². The summed E-state index contributed by atoms with van der Waals surface area (Å²) >= 11 is 1.51. The van der Waals surface area contributed by atoms with Crippen molar-refractivity contribution < 1.29 is 18.7 Å². The quantitative estimate of drug-likeness (QED) is 0.543. The molecule has 162 valence electrons. The lowest BCUT2D eigenvalue weighted by atomic mass is 10.1. The third-order valence-corrected chi connectivity index (χ3v) is 5.56. The van der Waals surface area contributed by atoms with Crippen LogP contribution < -0.4 is 24.9 Å². The average Bonchev–Trinajstić information content (AvgIpc) is 3.39. The summed E-state index contributed by atoms with van der Waals surface area (Å²) in [7, 11) is 0. The van der Waals surface area contributed by atoms with E-state index in [1.54, 1.807) is 12.1 Å². The number of hydrogen-bond donors (Lipinski definition) is 2. The highest BCUT2D eigenvalue weighted by Crippen LogP contribution is 2.36. The van der Waals surface area contributed by atoms with Gasteiger partial charge in [0, 0.05) is 30.6 Å². The van der Waals surface area contributed by atoms with Gasteiger partial charge in [0.05, 0.1) is 11.4 Å². The van der Waals surface area contributed by atoms with Crippen molar-refractivity contribution in [3.8, 4) is 22.8 Å². The van der Waals surface area contributed by atoms with E-state index in [1.807, 2.05) is 30.5 Å². The number of amides is 2. The summed E-state index contributed by atoms with van der Waals surface area (Å²) in [6.45, 7) is 3.87. The summed E-state index contributed by atoms with van der Waals surface area (Å²) in [5.74, 6) is 1.15. The fraction of sp³-hybridized carbons (Fsp3) is 0.273. The maximum absolute atomic E-state index is 13.3. The number of benzene rings is 2. The Morgan fingerprint density at radius 2 is 1.97 bits per heavy atom. The number of nitrogens with zero attached hydrogens (tertiary/aromatic N) is 2. The lowest BCUT2D eigenvalue weighted by Crippen LogP contribution is -2.36. The van der Waals surface area contributed by atoms with Crippen LogP contribution in [0.3, 0.4) is 0 Å². The molecule has 0 atom stereocenters. The van der Waals surface area contributed by atoms with E-state index in [0.717, 1.165) is 28.2 Å². The van der Waals surface area contributed by atoms with Crippen LogP contribution in [0.5, 0.6) is 11.5 Å². The molecular formula is C22H23FN4O3S. The monoisotopic (exact) mass is 442 g/mol. The van der Waals surface area contributed by atoms with Gasteiger partial charge in [0.2, 0.25) is 6.79 Å². The SMILES string of the molecule is CCNC(=O)NCCCn1c(-c2ccc3c(c2)OCO3)cs/c1=N\c1ccc(F)cc1. The Morgan fingerprint density at radius 3 is 2.77 bits per heavy atom. The van der Waals surface area contributed by atoms with Crippen LogP contribution in [0.1, 0.15) is 13.3 Å². The molecule has 2 aromatic carbocycles. The first kappa shape index (κ1) is 20.9. The van der Waals surface area contributed by atoms with Crippen molar-refractivity contribution in [2.75, 3.05) is 19.9 Å². The van der Waals surface area contributed by atoms with Crippen LogP contribution >= 0.6 is 11.3 Å². The number of nitrogens with one attached hydrogen (secondary N) is 2. The largest absolute Gasteiger partial charge is 0.454 e. The zero-order valence-electron chi connectivity index (χ0n) is 17.1. The molecule has 2 amide bonds. The van der Waals surface area contributed by atoms with Crippen LogP contribution in [0.15, 0.2) is 52.8 Å². The lowest BCUT2D eigenvalue weighted by Gasteiger charge is -2.11. The molecule has 2 heterocycles. The minimum atomic E-state index is -0.296. The molecule has 0 bridgehead atoms. The second-order valence-electron chi connectivity index (χ2n) is 6.85. The van der Waals surface area contributed by atoms with Crippen LogP contribution in [-0.2, 0) is 6.54 Å². The molecule has 3 aromatic rings.